The van der Waals surface area contributed by atoms with Crippen LogP contribution in [0.5, 0.6) is 0 Å². The first kappa shape index (κ1) is 23.2. The van der Waals surface area contributed by atoms with Gasteiger partial charge in [0.2, 0.25) is 0 Å². The third kappa shape index (κ3) is 7.34. The third-order valence-corrected chi connectivity index (χ3v) is 5.44. The molecule has 0 aliphatic rings. The average molecular weight is 393 g/mol. The molecule has 2 nitrogen and oxygen atoms in total. The highest BCUT2D eigenvalue weighted by Gasteiger charge is 2.14. The minimum Gasteiger partial charge on any atom is -0.353 e. The first-order chi connectivity index (χ1) is 14.0. The maximum absolute atomic E-state index is 4.95. The van der Waals surface area contributed by atoms with Crippen molar-refractivity contribution in [2.45, 2.75) is 85.0 Å². The van der Waals surface area contributed by atoms with Gasteiger partial charge >= 0.3 is 0 Å². The molecule has 0 unspecified atom stereocenters. The Balaban J connectivity index is 2.26. The van der Waals surface area contributed by atoms with Crippen LogP contribution in [0, 0.1) is 0 Å². The lowest BCUT2D eigenvalue weighted by molar-refractivity contribution is 0.610. The van der Waals surface area contributed by atoms with Gasteiger partial charge in [-0.1, -0.05) is 103 Å². The van der Waals surface area contributed by atoms with E-state index in [4.69, 9.17) is 4.99 Å². The van der Waals surface area contributed by atoms with E-state index < -0.39 is 0 Å². The average Bonchev–Trinajstić information content (AvgIpc) is 2.92. The Labute approximate surface area is 178 Å². The number of rotatable bonds is 11. The van der Waals surface area contributed by atoms with Crippen molar-refractivity contribution in [3.05, 3.63) is 65.0 Å². The maximum Gasteiger partial charge on any atom is 0.0809 e. The first-order valence-electron chi connectivity index (χ1n) is 11.5. The van der Waals surface area contributed by atoms with Crippen LogP contribution in [0.15, 0.2) is 53.5 Å². The monoisotopic (exact) mass is 392 g/mol. The zero-order chi connectivity index (χ0) is 21.1. The number of unbranched alkanes of at least 4 members (excludes halogenated alkanes) is 5. The number of benzene rings is 1. The molecule has 0 saturated carbocycles. The summed E-state index contributed by atoms with van der Waals surface area (Å²) in [6, 6.07) is 17.2. The molecule has 0 heterocycles. The van der Waals surface area contributed by atoms with Gasteiger partial charge in [-0.2, -0.15) is 0 Å². The van der Waals surface area contributed by atoms with Crippen molar-refractivity contribution in [1.29, 1.82) is 0 Å². The Kier molecular flexibility index (Phi) is 9.97. The molecule has 2 aromatic rings. The van der Waals surface area contributed by atoms with Gasteiger partial charge in [0.25, 0.3) is 0 Å². The molecule has 0 radical (unpaired) electrons. The minimum absolute atomic E-state index is 0.470. The standard InChI is InChI=1S/C27H40N2/c1-6-7-8-9-10-14-20-28-25-18-12-11-13-19-26(25)29-27-23(21(2)3)16-15-17-24(27)22(4)5/h11-13,15-19,21-22H,6-10,14,20H2,1-5H3,(H,28,29). The minimum atomic E-state index is 0.470. The van der Waals surface area contributed by atoms with Crippen molar-refractivity contribution in [2.24, 2.45) is 4.99 Å². The lowest BCUT2D eigenvalue weighted by atomic mass is 9.92. The second kappa shape index (κ2) is 12.5. The van der Waals surface area contributed by atoms with Crippen molar-refractivity contribution in [1.82, 2.24) is 0 Å². The highest BCUT2D eigenvalue weighted by molar-refractivity contribution is 5.68. The molecule has 29 heavy (non-hydrogen) atoms. The summed E-state index contributed by atoms with van der Waals surface area (Å²) in [6.45, 7) is 12.2. The molecule has 0 bridgehead atoms. The van der Waals surface area contributed by atoms with Crippen LogP contribution in [-0.2, 0) is 0 Å². The maximum atomic E-state index is 4.95. The number of hydrogen-bond donors (Lipinski definition) is 1. The fourth-order valence-electron chi connectivity index (χ4n) is 3.70. The van der Waals surface area contributed by atoms with Crippen molar-refractivity contribution in [2.75, 3.05) is 11.9 Å². The van der Waals surface area contributed by atoms with Crippen LogP contribution in [0.3, 0.4) is 0 Å². The van der Waals surface area contributed by atoms with Gasteiger partial charge in [-0.15, -0.1) is 0 Å². The van der Waals surface area contributed by atoms with Gasteiger partial charge in [-0.25, -0.2) is 0 Å². The van der Waals surface area contributed by atoms with Crippen LogP contribution < -0.4 is 10.7 Å². The van der Waals surface area contributed by atoms with Crippen LogP contribution in [0.2, 0.25) is 0 Å². The largest absolute Gasteiger partial charge is 0.353 e. The molecule has 0 atom stereocenters. The fraction of sp³-hybridized carbons (Fsp3) is 0.519. The van der Waals surface area contributed by atoms with E-state index in [-0.39, 0.29) is 0 Å². The van der Waals surface area contributed by atoms with Crippen LogP contribution in [-0.4, -0.2) is 6.54 Å². The Morgan fingerprint density at radius 3 is 2.00 bits per heavy atom. The molecule has 2 heteroatoms. The van der Waals surface area contributed by atoms with Crippen LogP contribution in [0.4, 0.5) is 11.4 Å². The van der Waals surface area contributed by atoms with E-state index in [1.165, 1.54) is 55.3 Å². The molecule has 0 saturated heterocycles. The summed E-state index contributed by atoms with van der Waals surface area (Å²) < 4.78 is 0. The Hall–Kier alpha value is -2.09. The van der Waals surface area contributed by atoms with Gasteiger partial charge in [0.15, 0.2) is 0 Å². The zero-order valence-corrected chi connectivity index (χ0v) is 19.2. The molecule has 0 aliphatic heterocycles. The predicted octanol–water partition coefficient (Wildman–Crippen LogP) is 7.94. The van der Waals surface area contributed by atoms with E-state index in [0.717, 1.165) is 17.6 Å². The normalized spacial score (nSPS) is 12.0. The lowest BCUT2D eigenvalue weighted by Gasteiger charge is -2.20. The first-order valence-corrected chi connectivity index (χ1v) is 11.5. The molecule has 0 aliphatic carbocycles. The highest BCUT2D eigenvalue weighted by atomic mass is 14.9. The highest BCUT2D eigenvalue weighted by Crippen LogP contribution is 2.33. The number of para-hydroxylation sites is 1. The number of nitrogens with zero attached hydrogens (tertiary/aromatic N) is 1. The Bertz CT molecular complexity index is 779. The molecule has 158 valence electrons. The quantitative estimate of drug-likeness (QED) is 0.386. The molecule has 0 aromatic heterocycles. The fourth-order valence-corrected chi connectivity index (χ4v) is 3.70. The third-order valence-electron chi connectivity index (χ3n) is 5.44. The van der Waals surface area contributed by atoms with Crippen LogP contribution in [0.25, 0.3) is 0 Å². The van der Waals surface area contributed by atoms with E-state index >= 15 is 0 Å². The Morgan fingerprint density at radius 1 is 0.724 bits per heavy atom. The van der Waals surface area contributed by atoms with Gasteiger partial charge in [-0.05, 0) is 41.5 Å². The number of hydrogen-bond acceptors (Lipinski definition) is 2. The second-order valence-corrected chi connectivity index (χ2v) is 8.60. The molecule has 2 rings (SSSR count). The van der Waals surface area contributed by atoms with Crippen molar-refractivity contribution in [3.63, 3.8) is 0 Å². The summed E-state index contributed by atoms with van der Waals surface area (Å²) in [4.78, 5) is 4.95. The molecule has 0 amide bonds. The van der Waals surface area contributed by atoms with E-state index in [9.17, 15) is 0 Å². The summed E-state index contributed by atoms with van der Waals surface area (Å²) in [5, 5.41) is 4.82. The smallest absolute Gasteiger partial charge is 0.0809 e. The molecular formula is C27H40N2. The molecule has 0 spiro atoms. The molecular weight excluding hydrogens is 352 g/mol. The van der Waals surface area contributed by atoms with Crippen molar-refractivity contribution < 1.29 is 0 Å². The summed E-state index contributed by atoms with van der Waals surface area (Å²) in [5.41, 5.74) is 5.07. The van der Waals surface area contributed by atoms with Gasteiger partial charge < -0.3 is 5.32 Å². The SMILES string of the molecule is CCCCCCCCN=c1cccccc1Nc1c(C(C)C)cccc1C(C)C. The molecule has 1 N–H and O–H groups in total. The van der Waals surface area contributed by atoms with Gasteiger partial charge in [0.05, 0.1) is 11.0 Å². The summed E-state index contributed by atoms with van der Waals surface area (Å²) in [7, 11) is 0. The van der Waals surface area contributed by atoms with E-state index in [1.807, 2.05) is 0 Å². The summed E-state index contributed by atoms with van der Waals surface area (Å²) >= 11 is 0. The second-order valence-electron chi connectivity index (χ2n) is 8.60. The van der Waals surface area contributed by atoms with Crippen LogP contribution in [0.1, 0.15) is 96.1 Å². The number of nitrogens with one attached hydrogen (secondary N) is 1. The molecule has 2 aromatic carbocycles. The lowest BCUT2D eigenvalue weighted by Crippen LogP contribution is -2.11. The summed E-state index contributed by atoms with van der Waals surface area (Å²) in [5.74, 6) is 0.939. The van der Waals surface area contributed by atoms with Crippen molar-refractivity contribution >= 4 is 11.4 Å². The zero-order valence-electron chi connectivity index (χ0n) is 19.2. The summed E-state index contributed by atoms with van der Waals surface area (Å²) in [6.07, 6.45) is 7.79. The van der Waals surface area contributed by atoms with Gasteiger partial charge in [0, 0.05) is 12.2 Å². The van der Waals surface area contributed by atoms with Crippen LogP contribution >= 0.6 is 0 Å². The van der Waals surface area contributed by atoms with Crippen molar-refractivity contribution in [3.8, 4) is 0 Å². The topological polar surface area (TPSA) is 24.4 Å². The van der Waals surface area contributed by atoms with E-state index in [0.29, 0.717) is 11.8 Å². The van der Waals surface area contributed by atoms with E-state index in [1.54, 1.807) is 0 Å². The Morgan fingerprint density at radius 2 is 1.34 bits per heavy atom. The van der Waals surface area contributed by atoms with Gasteiger partial charge in [0.1, 0.15) is 0 Å². The molecule has 0 fully saturated rings. The van der Waals surface area contributed by atoms with Gasteiger partial charge in [-0.3, -0.25) is 4.99 Å². The predicted molar refractivity (Wildman–Crippen MR) is 128 cm³/mol. The van der Waals surface area contributed by atoms with E-state index in [2.05, 4.69) is 88.5 Å². The number of anilines is 2.